The van der Waals surface area contributed by atoms with Crippen LogP contribution in [0.25, 0.3) is 0 Å². The number of nitrogens with one attached hydrogen (secondary N) is 1. The number of carbonyl (C=O) groups is 1. The van der Waals surface area contributed by atoms with E-state index >= 15 is 0 Å². The molecule has 0 aromatic rings. The Hall–Kier alpha value is -0.620. The molecule has 0 spiro atoms. The van der Waals surface area contributed by atoms with Crippen LogP contribution in [-0.2, 0) is 14.6 Å². The van der Waals surface area contributed by atoms with E-state index in [0.717, 1.165) is 17.9 Å². The Morgan fingerprint density at radius 1 is 1.33 bits per heavy atom. The van der Waals surface area contributed by atoms with Gasteiger partial charge in [-0.3, -0.25) is 0 Å². The van der Waals surface area contributed by atoms with E-state index in [9.17, 15) is 18.3 Å². The first-order chi connectivity index (χ1) is 6.99. The number of carboxylic acids is 1. The van der Waals surface area contributed by atoms with E-state index in [4.69, 9.17) is 0 Å². The second kappa shape index (κ2) is 3.75. The number of likely N-dealkylation sites (tertiary alicyclic amines) is 1. The van der Waals surface area contributed by atoms with E-state index < -0.39 is 21.8 Å². The normalized spacial score (nSPS) is 39.3. The highest BCUT2D eigenvalue weighted by Crippen LogP contribution is 2.12. The van der Waals surface area contributed by atoms with Gasteiger partial charge in [-0.2, -0.15) is 0 Å². The Morgan fingerprint density at radius 3 is 2.60 bits per heavy atom. The lowest BCUT2D eigenvalue weighted by atomic mass is 10.2. The summed E-state index contributed by atoms with van der Waals surface area (Å²) < 4.78 is 22.6. The summed E-state index contributed by atoms with van der Waals surface area (Å²) in [6.07, 6.45) is 2.07. The van der Waals surface area contributed by atoms with Gasteiger partial charge in [0.15, 0.2) is 9.84 Å². The molecule has 6 heteroatoms. The zero-order chi connectivity index (χ0) is 11.1. The van der Waals surface area contributed by atoms with Gasteiger partial charge in [-0.15, -0.1) is 0 Å². The van der Waals surface area contributed by atoms with Crippen molar-refractivity contribution >= 4 is 15.8 Å². The highest BCUT2D eigenvalue weighted by Gasteiger charge is 2.41. The lowest BCUT2D eigenvalue weighted by molar-refractivity contribution is -0.927. The summed E-state index contributed by atoms with van der Waals surface area (Å²) in [4.78, 5) is 11.8. The van der Waals surface area contributed by atoms with Crippen molar-refractivity contribution in [3.8, 4) is 0 Å². The van der Waals surface area contributed by atoms with E-state index in [-0.39, 0.29) is 17.5 Å². The van der Waals surface area contributed by atoms with Crippen molar-refractivity contribution in [2.75, 3.05) is 18.1 Å². The topological polar surface area (TPSA) is 78.7 Å². The molecule has 0 amide bonds. The average Bonchev–Trinajstić information content (AvgIpc) is 2.69. The second-order valence-electron chi connectivity index (χ2n) is 4.44. The number of quaternary nitrogens is 1. The smallest absolute Gasteiger partial charge is 0.156 e. The molecule has 15 heavy (non-hydrogen) atoms. The van der Waals surface area contributed by atoms with Crippen LogP contribution in [-0.4, -0.2) is 44.5 Å². The fraction of sp³-hybridized carbons (Fsp3) is 0.889. The molecule has 86 valence electrons. The Labute approximate surface area is 89.0 Å². The molecule has 0 aliphatic carbocycles. The standard InChI is InChI=1S/C9H15NO4S/c11-9(12)8-2-1-4-10(8)7-3-5-15(13,14)6-7/h7-8H,1-6H2,(H,11,12)/t7-,8-/m1/s1. The highest BCUT2D eigenvalue weighted by atomic mass is 32.2. The second-order valence-corrected chi connectivity index (χ2v) is 6.67. The first kappa shape index (κ1) is 10.9. The van der Waals surface area contributed by atoms with Crippen molar-refractivity contribution in [3.63, 3.8) is 0 Å². The predicted octanol–water partition coefficient (Wildman–Crippen LogP) is -3.03. The van der Waals surface area contributed by atoms with Crippen molar-refractivity contribution < 1.29 is 23.2 Å². The number of hydrogen-bond donors (Lipinski definition) is 1. The minimum absolute atomic E-state index is 0.0274. The molecule has 2 fully saturated rings. The Bertz CT molecular complexity index is 364. The molecule has 2 aliphatic rings. The number of hydrogen-bond acceptors (Lipinski definition) is 4. The molecule has 2 heterocycles. The lowest BCUT2D eigenvalue weighted by Gasteiger charge is -2.26. The van der Waals surface area contributed by atoms with Crippen molar-refractivity contribution in [2.24, 2.45) is 0 Å². The molecule has 1 unspecified atom stereocenters. The highest BCUT2D eigenvalue weighted by molar-refractivity contribution is 7.91. The third-order valence-corrected chi connectivity index (χ3v) is 5.22. The van der Waals surface area contributed by atoms with Crippen LogP contribution in [0.3, 0.4) is 0 Å². The molecule has 2 saturated heterocycles. The average molecular weight is 233 g/mol. The van der Waals surface area contributed by atoms with Crippen LogP contribution < -0.4 is 10.0 Å². The molecule has 1 N–H and O–H groups in total. The fourth-order valence-electron chi connectivity index (χ4n) is 2.72. The summed E-state index contributed by atoms with van der Waals surface area (Å²) >= 11 is 0. The number of carbonyl (C=O) groups excluding carboxylic acids is 1. The van der Waals surface area contributed by atoms with E-state index in [0.29, 0.717) is 12.8 Å². The van der Waals surface area contributed by atoms with Gasteiger partial charge in [0.05, 0.1) is 18.3 Å². The van der Waals surface area contributed by atoms with E-state index in [2.05, 4.69) is 0 Å². The van der Waals surface area contributed by atoms with Gasteiger partial charge in [-0.1, -0.05) is 0 Å². The van der Waals surface area contributed by atoms with Gasteiger partial charge in [-0.25, -0.2) is 8.42 Å². The van der Waals surface area contributed by atoms with Gasteiger partial charge in [0.2, 0.25) is 0 Å². The maximum Gasteiger partial charge on any atom is 0.156 e. The monoisotopic (exact) mass is 233 g/mol. The van der Waals surface area contributed by atoms with Crippen LogP contribution in [0.2, 0.25) is 0 Å². The molecule has 5 nitrogen and oxygen atoms in total. The lowest BCUT2D eigenvalue weighted by Crippen LogP contribution is -3.19. The number of aliphatic carboxylic acids is 1. The molecule has 0 saturated carbocycles. The molecular formula is C9H15NO4S. The third-order valence-electron chi connectivity index (χ3n) is 3.45. The van der Waals surface area contributed by atoms with E-state index in [1.54, 1.807) is 0 Å². The van der Waals surface area contributed by atoms with Crippen LogP contribution in [0.1, 0.15) is 19.3 Å². The third kappa shape index (κ3) is 2.15. The van der Waals surface area contributed by atoms with Crippen molar-refractivity contribution in [1.82, 2.24) is 0 Å². The largest absolute Gasteiger partial charge is 0.544 e. The zero-order valence-electron chi connectivity index (χ0n) is 8.44. The number of carboxylic acid groups (broad SMARTS) is 1. The molecule has 0 aromatic heterocycles. The zero-order valence-corrected chi connectivity index (χ0v) is 9.26. The van der Waals surface area contributed by atoms with Gasteiger partial charge in [0.25, 0.3) is 0 Å². The quantitative estimate of drug-likeness (QED) is 0.550. The Morgan fingerprint density at radius 2 is 2.07 bits per heavy atom. The van der Waals surface area contributed by atoms with Crippen LogP contribution >= 0.6 is 0 Å². The van der Waals surface area contributed by atoms with Crippen molar-refractivity contribution in [1.29, 1.82) is 0 Å². The molecule has 0 bridgehead atoms. The summed E-state index contributed by atoms with van der Waals surface area (Å²) in [7, 11) is -2.92. The van der Waals surface area contributed by atoms with E-state index in [1.165, 1.54) is 0 Å². The summed E-state index contributed by atoms with van der Waals surface area (Å²) in [5.74, 6) is -0.681. The Balaban J connectivity index is 2.08. The fourth-order valence-corrected chi connectivity index (χ4v) is 4.52. The van der Waals surface area contributed by atoms with Crippen LogP contribution in [0.15, 0.2) is 0 Å². The Kier molecular flexibility index (Phi) is 2.72. The summed E-state index contributed by atoms with van der Waals surface area (Å²) in [6, 6.07) is -0.524. The minimum Gasteiger partial charge on any atom is -0.544 e. The minimum atomic E-state index is -2.92. The van der Waals surface area contributed by atoms with Crippen molar-refractivity contribution in [2.45, 2.75) is 31.3 Å². The van der Waals surface area contributed by atoms with Gasteiger partial charge >= 0.3 is 0 Å². The molecule has 2 rings (SSSR count). The molecule has 0 radical (unpaired) electrons. The SMILES string of the molecule is O=C([O-])[C@H]1CCC[NH+]1[C@@H]1CCS(=O)(=O)C1. The maximum atomic E-state index is 11.3. The van der Waals surface area contributed by atoms with Crippen LogP contribution in [0.4, 0.5) is 0 Å². The van der Waals surface area contributed by atoms with Crippen LogP contribution in [0.5, 0.6) is 0 Å². The number of sulfone groups is 1. The summed E-state index contributed by atoms with van der Waals surface area (Å²) in [6.45, 7) is 0.763. The van der Waals surface area contributed by atoms with E-state index in [1.807, 2.05) is 0 Å². The van der Waals surface area contributed by atoms with Gasteiger partial charge in [0.1, 0.15) is 17.8 Å². The van der Waals surface area contributed by atoms with Crippen molar-refractivity contribution in [3.05, 3.63) is 0 Å². The van der Waals surface area contributed by atoms with Crippen LogP contribution in [0, 0.1) is 0 Å². The molecular weight excluding hydrogens is 218 g/mol. The molecule has 2 aliphatic heterocycles. The number of rotatable bonds is 2. The first-order valence-electron chi connectivity index (χ1n) is 5.26. The summed E-state index contributed by atoms with van der Waals surface area (Å²) in [5, 5.41) is 10.8. The molecule has 3 atom stereocenters. The van der Waals surface area contributed by atoms with Gasteiger partial charge in [-0.05, 0) is 0 Å². The van der Waals surface area contributed by atoms with Gasteiger partial charge in [0, 0.05) is 19.3 Å². The summed E-state index contributed by atoms with van der Waals surface area (Å²) in [5.41, 5.74) is 0. The maximum absolute atomic E-state index is 11.3. The predicted molar refractivity (Wildman–Crippen MR) is 50.9 cm³/mol. The molecule has 0 aromatic carbocycles. The first-order valence-corrected chi connectivity index (χ1v) is 7.08. The van der Waals surface area contributed by atoms with Gasteiger partial charge < -0.3 is 14.8 Å².